The van der Waals surface area contributed by atoms with E-state index in [1.165, 1.54) is 0 Å². The predicted molar refractivity (Wildman–Crippen MR) is 76.5 cm³/mol. The van der Waals surface area contributed by atoms with Gasteiger partial charge in [-0.15, -0.1) is 0 Å². The Kier molecular flexibility index (Phi) is 3.53. The van der Waals surface area contributed by atoms with Crippen LogP contribution in [0.25, 0.3) is 5.70 Å². The minimum Gasteiger partial charge on any atom is -0.398 e. The number of hydrogen-bond acceptors (Lipinski definition) is 3. The van der Waals surface area contributed by atoms with Crippen molar-refractivity contribution in [2.45, 2.75) is 6.92 Å². The third kappa shape index (κ3) is 2.83. The van der Waals surface area contributed by atoms with Crippen molar-refractivity contribution in [2.75, 3.05) is 5.73 Å². The standard InChI is InChI=1S/C15H15N3/c1-11-6-5-9-15(18-11)12(2)17-10-13-7-3-4-8-14(13)16/h3-10H,2,16H2,1H3/b17-10-. The number of para-hydroxylation sites is 1. The zero-order valence-corrected chi connectivity index (χ0v) is 10.3. The van der Waals surface area contributed by atoms with E-state index in [0.717, 1.165) is 17.0 Å². The number of nitrogens with two attached hydrogens (primary N) is 1. The molecule has 0 saturated heterocycles. The van der Waals surface area contributed by atoms with Gasteiger partial charge in [-0.3, -0.25) is 9.98 Å². The number of aryl methyl sites for hydroxylation is 1. The summed E-state index contributed by atoms with van der Waals surface area (Å²) in [6.07, 6.45) is 1.71. The summed E-state index contributed by atoms with van der Waals surface area (Å²) in [5.41, 5.74) is 9.77. The fourth-order valence-corrected chi connectivity index (χ4v) is 1.55. The van der Waals surface area contributed by atoms with Gasteiger partial charge in [0.15, 0.2) is 0 Å². The summed E-state index contributed by atoms with van der Waals surface area (Å²) in [5.74, 6) is 0. The highest BCUT2D eigenvalue weighted by Crippen LogP contribution is 2.13. The Morgan fingerprint density at radius 3 is 2.72 bits per heavy atom. The summed E-state index contributed by atoms with van der Waals surface area (Å²) in [5, 5.41) is 0. The van der Waals surface area contributed by atoms with Crippen LogP contribution in [0.15, 0.2) is 54.0 Å². The average Bonchev–Trinajstić information content (AvgIpc) is 2.37. The lowest BCUT2D eigenvalue weighted by atomic mass is 10.2. The Hall–Kier alpha value is -2.42. The molecule has 0 unspecified atom stereocenters. The van der Waals surface area contributed by atoms with Crippen molar-refractivity contribution in [3.8, 4) is 0 Å². The number of benzene rings is 1. The number of aromatic nitrogens is 1. The Balaban J connectivity index is 2.20. The molecule has 1 heterocycles. The van der Waals surface area contributed by atoms with Crippen molar-refractivity contribution in [3.05, 3.63) is 66.0 Å². The molecule has 90 valence electrons. The van der Waals surface area contributed by atoms with E-state index in [2.05, 4.69) is 16.6 Å². The summed E-state index contributed by atoms with van der Waals surface area (Å²) >= 11 is 0. The molecule has 3 heteroatoms. The number of hydrogen-bond donors (Lipinski definition) is 1. The largest absolute Gasteiger partial charge is 0.398 e. The van der Waals surface area contributed by atoms with E-state index < -0.39 is 0 Å². The zero-order chi connectivity index (χ0) is 13.0. The second kappa shape index (κ2) is 5.27. The molecule has 1 aromatic carbocycles. The van der Waals surface area contributed by atoms with Crippen LogP contribution >= 0.6 is 0 Å². The molecule has 0 radical (unpaired) electrons. The van der Waals surface area contributed by atoms with Gasteiger partial charge in [0.25, 0.3) is 0 Å². The van der Waals surface area contributed by atoms with Crippen LogP contribution in [0.3, 0.4) is 0 Å². The maximum Gasteiger partial charge on any atom is 0.0883 e. The third-order valence-corrected chi connectivity index (χ3v) is 2.54. The van der Waals surface area contributed by atoms with Gasteiger partial charge in [0.2, 0.25) is 0 Å². The SMILES string of the molecule is C=C(/N=C\c1ccccc1N)c1cccc(C)n1. The second-order valence-corrected chi connectivity index (χ2v) is 4.00. The van der Waals surface area contributed by atoms with Gasteiger partial charge >= 0.3 is 0 Å². The first-order valence-electron chi connectivity index (χ1n) is 5.68. The molecular weight excluding hydrogens is 222 g/mol. The number of anilines is 1. The Morgan fingerprint density at radius 2 is 2.00 bits per heavy atom. The minimum absolute atomic E-state index is 0.627. The second-order valence-electron chi connectivity index (χ2n) is 4.00. The number of rotatable bonds is 3. The number of aliphatic imine (C=N–C) groups is 1. The molecule has 1 aromatic heterocycles. The summed E-state index contributed by atoms with van der Waals surface area (Å²) in [6.45, 7) is 5.85. The van der Waals surface area contributed by atoms with Gasteiger partial charge in [0.05, 0.1) is 11.4 Å². The Bertz CT molecular complexity index is 600. The summed E-state index contributed by atoms with van der Waals surface area (Å²) in [7, 11) is 0. The van der Waals surface area contributed by atoms with Gasteiger partial charge in [0, 0.05) is 23.2 Å². The first-order valence-corrected chi connectivity index (χ1v) is 5.68. The zero-order valence-electron chi connectivity index (χ0n) is 10.3. The molecule has 2 rings (SSSR count). The Labute approximate surface area is 107 Å². The molecule has 0 bridgehead atoms. The molecule has 0 fully saturated rings. The van der Waals surface area contributed by atoms with Crippen molar-refractivity contribution in [1.82, 2.24) is 4.98 Å². The highest BCUT2D eigenvalue weighted by Gasteiger charge is 1.99. The third-order valence-electron chi connectivity index (χ3n) is 2.54. The molecule has 2 N–H and O–H groups in total. The van der Waals surface area contributed by atoms with Gasteiger partial charge in [0.1, 0.15) is 0 Å². The molecule has 0 aliphatic heterocycles. The van der Waals surface area contributed by atoms with Gasteiger partial charge in [-0.25, -0.2) is 0 Å². The molecule has 2 aromatic rings. The molecule has 0 aliphatic carbocycles. The summed E-state index contributed by atoms with van der Waals surface area (Å²) < 4.78 is 0. The monoisotopic (exact) mass is 237 g/mol. The van der Waals surface area contributed by atoms with Crippen molar-refractivity contribution in [1.29, 1.82) is 0 Å². The lowest BCUT2D eigenvalue weighted by molar-refractivity contribution is 1.16. The summed E-state index contributed by atoms with van der Waals surface area (Å²) in [4.78, 5) is 8.67. The topological polar surface area (TPSA) is 51.3 Å². The van der Waals surface area contributed by atoms with Crippen LogP contribution in [0.5, 0.6) is 0 Å². The summed E-state index contributed by atoms with van der Waals surface area (Å²) in [6, 6.07) is 13.3. The molecule has 18 heavy (non-hydrogen) atoms. The van der Waals surface area contributed by atoms with Crippen molar-refractivity contribution in [3.63, 3.8) is 0 Å². The quantitative estimate of drug-likeness (QED) is 0.659. The van der Waals surface area contributed by atoms with E-state index in [9.17, 15) is 0 Å². The maximum absolute atomic E-state index is 5.83. The van der Waals surface area contributed by atoms with Gasteiger partial charge in [-0.2, -0.15) is 0 Å². The lowest BCUT2D eigenvalue weighted by Crippen LogP contribution is -1.93. The van der Waals surface area contributed by atoms with Gasteiger partial charge in [-0.05, 0) is 25.1 Å². The van der Waals surface area contributed by atoms with E-state index in [-0.39, 0.29) is 0 Å². The van der Waals surface area contributed by atoms with Gasteiger partial charge in [-0.1, -0.05) is 30.8 Å². The van der Waals surface area contributed by atoms with E-state index in [1.807, 2.05) is 49.4 Å². The smallest absolute Gasteiger partial charge is 0.0883 e. The molecule has 0 aliphatic rings. The van der Waals surface area contributed by atoms with Gasteiger partial charge < -0.3 is 5.73 Å². The van der Waals surface area contributed by atoms with E-state index in [0.29, 0.717) is 11.4 Å². The first kappa shape index (κ1) is 12.0. The van der Waals surface area contributed by atoms with Crippen molar-refractivity contribution < 1.29 is 0 Å². The molecule has 3 nitrogen and oxygen atoms in total. The van der Waals surface area contributed by atoms with Crippen LogP contribution in [0.2, 0.25) is 0 Å². The number of pyridine rings is 1. The number of nitrogens with zero attached hydrogens (tertiary/aromatic N) is 2. The molecule has 0 spiro atoms. The molecule has 0 atom stereocenters. The fourth-order valence-electron chi connectivity index (χ4n) is 1.55. The van der Waals surface area contributed by atoms with Crippen LogP contribution in [0, 0.1) is 6.92 Å². The minimum atomic E-state index is 0.627. The van der Waals surface area contributed by atoms with Crippen LogP contribution in [0.4, 0.5) is 5.69 Å². The number of nitrogen functional groups attached to an aromatic ring is 1. The average molecular weight is 237 g/mol. The normalized spacial score (nSPS) is 10.7. The van der Waals surface area contributed by atoms with Crippen LogP contribution in [-0.4, -0.2) is 11.2 Å². The highest BCUT2D eigenvalue weighted by molar-refractivity contribution is 5.89. The van der Waals surface area contributed by atoms with E-state index in [1.54, 1.807) is 6.21 Å². The van der Waals surface area contributed by atoms with Crippen molar-refractivity contribution >= 4 is 17.6 Å². The van der Waals surface area contributed by atoms with E-state index in [4.69, 9.17) is 5.73 Å². The maximum atomic E-state index is 5.83. The van der Waals surface area contributed by atoms with Crippen LogP contribution < -0.4 is 5.73 Å². The molecular formula is C15H15N3. The molecule has 0 saturated carbocycles. The molecule has 0 amide bonds. The lowest BCUT2D eigenvalue weighted by Gasteiger charge is -2.01. The van der Waals surface area contributed by atoms with Crippen LogP contribution in [-0.2, 0) is 0 Å². The van der Waals surface area contributed by atoms with Crippen molar-refractivity contribution in [2.24, 2.45) is 4.99 Å². The highest BCUT2D eigenvalue weighted by atomic mass is 14.8. The fraction of sp³-hybridized carbons (Fsp3) is 0.0667. The first-order chi connectivity index (χ1) is 8.66. The van der Waals surface area contributed by atoms with Crippen LogP contribution in [0.1, 0.15) is 17.0 Å². The Morgan fingerprint density at radius 1 is 1.22 bits per heavy atom. The predicted octanol–water partition coefficient (Wildman–Crippen LogP) is 3.06. The van der Waals surface area contributed by atoms with E-state index >= 15 is 0 Å².